The van der Waals surface area contributed by atoms with E-state index in [1.165, 1.54) is 250 Å². The molecule has 0 heterocycles. The van der Waals surface area contributed by atoms with Crippen molar-refractivity contribution in [3.63, 3.8) is 0 Å². The maximum absolute atomic E-state index is 13.1. The van der Waals surface area contributed by atoms with Gasteiger partial charge in [-0.1, -0.05) is 395 Å². The van der Waals surface area contributed by atoms with E-state index in [1.54, 1.807) is 0 Å². The van der Waals surface area contributed by atoms with Crippen LogP contribution in [-0.4, -0.2) is 96.7 Å². The lowest BCUT2D eigenvalue weighted by atomic mass is 10.0. The summed E-state index contributed by atoms with van der Waals surface area (Å²) in [4.78, 5) is 73.1. The molecule has 618 valence electrons. The zero-order valence-electron chi connectivity index (χ0n) is 68.5. The van der Waals surface area contributed by atoms with Gasteiger partial charge in [0, 0.05) is 25.7 Å². The molecule has 0 saturated carbocycles. The van der Waals surface area contributed by atoms with Gasteiger partial charge >= 0.3 is 39.5 Å². The average molecular weight is 1520 g/mol. The van der Waals surface area contributed by atoms with Crippen LogP contribution in [0.2, 0.25) is 0 Å². The topological polar surface area (TPSA) is 237 Å². The minimum atomic E-state index is -4.97. The van der Waals surface area contributed by atoms with Gasteiger partial charge in [-0.3, -0.25) is 37.3 Å². The fourth-order valence-corrected chi connectivity index (χ4v) is 14.8. The van der Waals surface area contributed by atoms with Gasteiger partial charge in [0.25, 0.3) is 0 Å². The van der Waals surface area contributed by atoms with Crippen molar-refractivity contribution >= 4 is 39.5 Å². The number of aliphatic hydroxyl groups is 1. The number of unbranched alkanes of at least 4 members (excludes halogenated alkanes) is 51. The molecule has 5 atom stereocenters. The first-order chi connectivity index (χ1) is 50.2. The molecule has 19 heteroatoms. The lowest BCUT2D eigenvalue weighted by molar-refractivity contribution is -0.161. The Morgan fingerprint density at radius 3 is 0.654 bits per heavy atom. The van der Waals surface area contributed by atoms with Crippen LogP contribution in [0, 0.1) is 17.8 Å². The Morgan fingerprint density at radius 2 is 0.442 bits per heavy atom. The predicted octanol–water partition coefficient (Wildman–Crippen LogP) is 25.7. The van der Waals surface area contributed by atoms with Crippen molar-refractivity contribution in [3.05, 3.63) is 0 Å². The molecule has 0 saturated heterocycles. The van der Waals surface area contributed by atoms with Crippen LogP contribution in [0.15, 0.2) is 0 Å². The highest BCUT2D eigenvalue weighted by Crippen LogP contribution is 2.45. The van der Waals surface area contributed by atoms with Crippen LogP contribution in [0.25, 0.3) is 0 Å². The molecule has 2 unspecified atom stereocenters. The highest BCUT2D eigenvalue weighted by molar-refractivity contribution is 7.47. The van der Waals surface area contributed by atoms with E-state index in [4.69, 9.17) is 37.0 Å². The van der Waals surface area contributed by atoms with Gasteiger partial charge in [-0.15, -0.1) is 0 Å². The summed E-state index contributed by atoms with van der Waals surface area (Å²) in [7, 11) is -9.93. The monoisotopic (exact) mass is 1520 g/mol. The van der Waals surface area contributed by atoms with Crippen molar-refractivity contribution in [1.82, 2.24) is 0 Å². The summed E-state index contributed by atoms with van der Waals surface area (Å²) in [6.07, 6.45) is 65.4. The largest absolute Gasteiger partial charge is 0.472 e. The van der Waals surface area contributed by atoms with Gasteiger partial charge in [-0.2, -0.15) is 0 Å². The van der Waals surface area contributed by atoms with E-state index in [0.717, 1.165) is 108 Å². The summed E-state index contributed by atoms with van der Waals surface area (Å²) in [5.74, 6) is 0.232. The number of phosphoric acid groups is 2. The highest BCUT2D eigenvalue weighted by atomic mass is 31.2. The van der Waals surface area contributed by atoms with Crippen LogP contribution in [0.5, 0.6) is 0 Å². The SMILES string of the molecule is CCCCCCCCCCCCCCCCC(=O)O[C@H](COC(=O)CCCCCCCCCC(C)C)COP(=O)(O)OC[C@H](O)COP(=O)(O)OC[C@@H](COC(=O)CCCCCCCCCCCCCCCCCCC(C)C)OC(=O)CCCCCCCCCCCCCCCCCCCCC(C)C. The first kappa shape index (κ1) is 102. The molecule has 0 fully saturated rings. The molecule has 17 nitrogen and oxygen atoms in total. The summed E-state index contributed by atoms with van der Waals surface area (Å²) in [6.45, 7) is 12.0. The van der Waals surface area contributed by atoms with Gasteiger partial charge in [-0.25, -0.2) is 9.13 Å². The zero-order chi connectivity index (χ0) is 76.5. The van der Waals surface area contributed by atoms with E-state index in [2.05, 4.69) is 48.5 Å². The highest BCUT2D eigenvalue weighted by Gasteiger charge is 2.30. The molecule has 0 aliphatic carbocycles. The normalized spacial score (nSPS) is 13.9. The van der Waals surface area contributed by atoms with Gasteiger partial charge in [0.2, 0.25) is 0 Å². The molecule has 0 aromatic heterocycles. The Bertz CT molecular complexity index is 2010. The molecule has 3 N–H and O–H groups in total. The molecule has 0 aromatic carbocycles. The van der Waals surface area contributed by atoms with Gasteiger partial charge in [0.1, 0.15) is 19.3 Å². The molecule has 0 rings (SSSR count). The molecule has 0 aliphatic rings. The first-order valence-corrected chi connectivity index (χ1v) is 46.8. The lowest BCUT2D eigenvalue weighted by Crippen LogP contribution is -2.30. The number of carbonyl (C=O) groups excluding carboxylic acids is 4. The number of hydrogen-bond donors (Lipinski definition) is 3. The van der Waals surface area contributed by atoms with Crippen LogP contribution < -0.4 is 0 Å². The van der Waals surface area contributed by atoms with E-state index in [1.807, 2.05) is 0 Å². The second kappa shape index (κ2) is 75.1. The van der Waals surface area contributed by atoms with Crippen molar-refractivity contribution in [1.29, 1.82) is 0 Å². The second-order valence-corrected chi connectivity index (χ2v) is 34.9. The van der Waals surface area contributed by atoms with Crippen molar-refractivity contribution in [2.45, 2.75) is 465 Å². The predicted molar refractivity (Wildman–Crippen MR) is 428 cm³/mol. The number of hydrogen-bond acceptors (Lipinski definition) is 15. The Kier molecular flexibility index (Phi) is 73.7. The third-order valence-corrected chi connectivity index (χ3v) is 21.8. The minimum Gasteiger partial charge on any atom is -0.462 e. The summed E-state index contributed by atoms with van der Waals surface area (Å²) in [6, 6.07) is 0. The molecule has 0 amide bonds. The molecular formula is C85H166O17P2. The Hall–Kier alpha value is -1.94. The second-order valence-electron chi connectivity index (χ2n) is 32.0. The van der Waals surface area contributed by atoms with Crippen molar-refractivity contribution in [3.8, 4) is 0 Å². The van der Waals surface area contributed by atoms with E-state index in [9.17, 15) is 43.2 Å². The third-order valence-electron chi connectivity index (χ3n) is 19.9. The van der Waals surface area contributed by atoms with Crippen LogP contribution in [0.3, 0.4) is 0 Å². The lowest BCUT2D eigenvalue weighted by Gasteiger charge is -2.21. The molecule has 104 heavy (non-hydrogen) atoms. The maximum atomic E-state index is 13.1. The Balaban J connectivity index is 5.22. The molecule has 0 aliphatic heterocycles. The Labute approximate surface area is 638 Å². The fourth-order valence-electron chi connectivity index (χ4n) is 13.2. The molecule has 0 radical (unpaired) electrons. The van der Waals surface area contributed by atoms with E-state index in [0.29, 0.717) is 31.6 Å². The van der Waals surface area contributed by atoms with E-state index >= 15 is 0 Å². The number of rotatable bonds is 83. The fraction of sp³-hybridized carbons (Fsp3) is 0.953. The molecule has 0 spiro atoms. The smallest absolute Gasteiger partial charge is 0.462 e. The quantitative estimate of drug-likeness (QED) is 0.0222. The van der Waals surface area contributed by atoms with Crippen molar-refractivity contribution in [2.75, 3.05) is 39.6 Å². The van der Waals surface area contributed by atoms with Gasteiger partial charge < -0.3 is 33.8 Å². The minimum absolute atomic E-state index is 0.107. The standard InChI is InChI=1S/C85H166O17P2/c1-8-9-10-11-12-13-14-15-28-34-39-46-54-61-68-85(90)102-81(73-96-83(88)67-60-53-48-41-44-51-58-65-78(6)7)75-100-104(93,94)98-71-79(86)70-97-103(91,92)99-74-80(72-95-82(87)66-59-52-45-38-33-29-24-21-20-23-27-32-37-43-50-57-64-77(4)5)101-84(89)69-62-55-47-40-35-30-25-19-17-16-18-22-26-31-36-42-49-56-63-76(2)3/h76-81,86H,8-75H2,1-7H3,(H,91,92)(H,93,94)/t79-,80-,81-/m1/s1. The van der Waals surface area contributed by atoms with Crippen LogP contribution in [0.4, 0.5) is 0 Å². The van der Waals surface area contributed by atoms with E-state index < -0.39 is 97.5 Å². The molecule has 0 bridgehead atoms. The number of carbonyl (C=O) groups is 4. The number of aliphatic hydroxyl groups excluding tert-OH is 1. The van der Waals surface area contributed by atoms with E-state index in [-0.39, 0.29) is 25.7 Å². The maximum Gasteiger partial charge on any atom is 0.472 e. The molecular weight excluding hydrogens is 1350 g/mol. The van der Waals surface area contributed by atoms with Crippen LogP contribution in [-0.2, 0) is 65.4 Å². The van der Waals surface area contributed by atoms with Gasteiger partial charge in [0.15, 0.2) is 12.2 Å². The average Bonchev–Trinajstić information content (AvgIpc) is 1.01. The first-order valence-electron chi connectivity index (χ1n) is 43.8. The number of ether oxygens (including phenoxy) is 4. The van der Waals surface area contributed by atoms with Crippen molar-refractivity contribution < 1.29 is 80.2 Å². The van der Waals surface area contributed by atoms with Gasteiger partial charge in [-0.05, 0) is 43.4 Å². The van der Waals surface area contributed by atoms with Crippen LogP contribution >= 0.6 is 15.6 Å². The summed E-state index contributed by atoms with van der Waals surface area (Å²) in [5.41, 5.74) is 0. The molecule has 0 aromatic rings. The summed E-state index contributed by atoms with van der Waals surface area (Å²) < 4.78 is 68.8. The summed E-state index contributed by atoms with van der Waals surface area (Å²) in [5, 5.41) is 10.7. The number of phosphoric ester groups is 2. The number of esters is 4. The third kappa shape index (κ3) is 78.2. The van der Waals surface area contributed by atoms with Crippen LogP contribution in [0.1, 0.15) is 447 Å². The zero-order valence-corrected chi connectivity index (χ0v) is 70.3. The Morgan fingerprint density at radius 1 is 0.260 bits per heavy atom. The van der Waals surface area contributed by atoms with Gasteiger partial charge in [0.05, 0.1) is 26.4 Å². The van der Waals surface area contributed by atoms with Crippen molar-refractivity contribution in [2.24, 2.45) is 17.8 Å². The summed E-state index contributed by atoms with van der Waals surface area (Å²) >= 11 is 0.